The Morgan fingerprint density at radius 1 is 1.19 bits per heavy atom. The molecule has 1 fully saturated rings. The van der Waals surface area contributed by atoms with Crippen LogP contribution in [0, 0.1) is 5.82 Å². The highest BCUT2D eigenvalue weighted by Crippen LogP contribution is 2.24. The molecular formula is C18H17FN4O2S. The molecule has 0 N–H and O–H groups in total. The average Bonchev–Trinajstić information content (AvgIpc) is 3.24. The van der Waals surface area contributed by atoms with E-state index >= 15 is 0 Å². The Balaban J connectivity index is 1.51. The first kappa shape index (κ1) is 16.7. The zero-order chi connectivity index (χ0) is 18.1. The SMILES string of the molecule is O=CN1CCN(C(=O)Cc2csc3nc(-c4ccc(F)cc4)cn23)CC1. The van der Waals surface area contributed by atoms with Gasteiger partial charge in [-0.1, -0.05) is 0 Å². The summed E-state index contributed by atoms with van der Waals surface area (Å²) in [7, 11) is 0. The van der Waals surface area contributed by atoms with E-state index in [4.69, 9.17) is 0 Å². The monoisotopic (exact) mass is 372 g/mol. The second-order valence-corrected chi connectivity index (χ2v) is 7.05. The topological polar surface area (TPSA) is 57.9 Å². The maximum Gasteiger partial charge on any atom is 0.228 e. The molecule has 6 nitrogen and oxygen atoms in total. The van der Waals surface area contributed by atoms with Crippen molar-refractivity contribution >= 4 is 28.6 Å². The molecule has 8 heteroatoms. The van der Waals surface area contributed by atoms with Crippen molar-refractivity contribution < 1.29 is 14.0 Å². The van der Waals surface area contributed by atoms with Crippen molar-refractivity contribution in [1.82, 2.24) is 19.2 Å². The largest absolute Gasteiger partial charge is 0.342 e. The van der Waals surface area contributed by atoms with Crippen LogP contribution in [-0.4, -0.2) is 57.7 Å². The molecule has 3 heterocycles. The highest BCUT2D eigenvalue weighted by atomic mass is 32.1. The molecule has 1 aliphatic heterocycles. The third-order valence-electron chi connectivity index (χ3n) is 4.57. The first-order chi connectivity index (χ1) is 12.6. The summed E-state index contributed by atoms with van der Waals surface area (Å²) < 4.78 is 15.0. The summed E-state index contributed by atoms with van der Waals surface area (Å²) in [6.07, 6.45) is 3.00. The molecule has 0 radical (unpaired) electrons. The smallest absolute Gasteiger partial charge is 0.228 e. The molecule has 26 heavy (non-hydrogen) atoms. The number of nitrogens with zero attached hydrogens (tertiary/aromatic N) is 4. The van der Waals surface area contributed by atoms with Gasteiger partial charge in [0.25, 0.3) is 0 Å². The van der Waals surface area contributed by atoms with E-state index in [2.05, 4.69) is 4.98 Å². The number of carbonyl (C=O) groups is 2. The van der Waals surface area contributed by atoms with Crippen molar-refractivity contribution in [3.05, 3.63) is 47.4 Å². The number of benzene rings is 1. The number of piperazine rings is 1. The van der Waals surface area contributed by atoms with Gasteiger partial charge in [-0.15, -0.1) is 11.3 Å². The number of hydrogen-bond acceptors (Lipinski definition) is 4. The maximum atomic E-state index is 13.1. The van der Waals surface area contributed by atoms with Crippen LogP contribution in [0.25, 0.3) is 16.2 Å². The van der Waals surface area contributed by atoms with E-state index in [0.29, 0.717) is 32.6 Å². The number of amides is 2. The van der Waals surface area contributed by atoms with E-state index in [0.717, 1.165) is 28.3 Å². The van der Waals surface area contributed by atoms with E-state index in [1.165, 1.54) is 23.5 Å². The van der Waals surface area contributed by atoms with Gasteiger partial charge in [0.2, 0.25) is 12.3 Å². The summed E-state index contributed by atoms with van der Waals surface area (Å²) in [4.78, 5) is 32.2. The summed E-state index contributed by atoms with van der Waals surface area (Å²) in [5, 5.41) is 1.94. The summed E-state index contributed by atoms with van der Waals surface area (Å²) in [6.45, 7) is 2.29. The van der Waals surface area contributed by atoms with Crippen LogP contribution in [0.2, 0.25) is 0 Å². The molecule has 1 aliphatic rings. The number of carbonyl (C=O) groups excluding carboxylic acids is 2. The summed E-state index contributed by atoms with van der Waals surface area (Å²) in [5.41, 5.74) is 2.48. The van der Waals surface area contributed by atoms with Gasteiger partial charge in [0.05, 0.1) is 12.1 Å². The minimum Gasteiger partial charge on any atom is -0.342 e. The molecule has 0 unspecified atom stereocenters. The van der Waals surface area contributed by atoms with Crippen LogP contribution < -0.4 is 0 Å². The number of fused-ring (bicyclic) bond motifs is 1. The van der Waals surface area contributed by atoms with E-state index < -0.39 is 0 Å². The Labute approximate surface area is 153 Å². The van der Waals surface area contributed by atoms with Crippen LogP contribution in [0.5, 0.6) is 0 Å². The lowest BCUT2D eigenvalue weighted by molar-refractivity contribution is -0.134. The van der Waals surface area contributed by atoms with Crippen LogP contribution in [0.1, 0.15) is 5.69 Å². The second-order valence-electron chi connectivity index (χ2n) is 6.21. The van der Waals surface area contributed by atoms with Gasteiger partial charge in [0, 0.05) is 49.0 Å². The third kappa shape index (κ3) is 3.20. The highest BCUT2D eigenvalue weighted by Gasteiger charge is 2.21. The molecule has 134 valence electrons. The van der Waals surface area contributed by atoms with Crippen molar-refractivity contribution in [2.45, 2.75) is 6.42 Å². The van der Waals surface area contributed by atoms with E-state index in [1.807, 2.05) is 16.0 Å². The third-order valence-corrected chi connectivity index (χ3v) is 5.46. The fraction of sp³-hybridized carbons (Fsp3) is 0.278. The zero-order valence-corrected chi connectivity index (χ0v) is 14.8. The quantitative estimate of drug-likeness (QED) is 0.659. The maximum absolute atomic E-state index is 13.1. The predicted molar refractivity (Wildman–Crippen MR) is 96.4 cm³/mol. The Bertz CT molecular complexity index is 942. The Morgan fingerprint density at radius 3 is 2.62 bits per heavy atom. The highest BCUT2D eigenvalue weighted by molar-refractivity contribution is 7.15. The first-order valence-electron chi connectivity index (χ1n) is 8.32. The molecule has 3 aromatic rings. The van der Waals surface area contributed by atoms with E-state index in [1.54, 1.807) is 21.9 Å². The molecule has 1 saturated heterocycles. The minimum absolute atomic E-state index is 0.0484. The molecule has 0 saturated carbocycles. The van der Waals surface area contributed by atoms with Crippen molar-refractivity contribution in [2.75, 3.05) is 26.2 Å². The van der Waals surface area contributed by atoms with Gasteiger partial charge >= 0.3 is 0 Å². The molecule has 0 spiro atoms. The van der Waals surface area contributed by atoms with Crippen LogP contribution in [0.4, 0.5) is 4.39 Å². The lowest BCUT2D eigenvalue weighted by Crippen LogP contribution is -2.48. The van der Waals surface area contributed by atoms with Crippen molar-refractivity contribution in [3.8, 4) is 11.3 Å². The lowest BCUT2D eigenvalue weighted by Gasteiger charge is -2.32. The average molecular weight is 372 g/mol. The number of hydrogen-bond donors (Lipinski definition) is 0. The lowest BCUT2D eigenvalue weighted by atomic mass is 10.2. The van der Waals surface area contributed by atoms with Gasteiger partial charge in [-0.05, 0) is 24.3 Å². The zero-order valence-electron chi connectivity index (χ0n) is 14.0. The molecule has 1 aromatic carbocycles. The molecule has 0 bridgehead atoms. The second kappa shape index (κ2) is 6.87. The summed E-state index contributed by atoms with van der Waals surface area (Å²) in [5.74, 6) is -0.233. The normalized spacial score (nSPS) is 14.8. The van der Waals surface area contributed by atoms with Crippen LogP contribution in [0.15, 0.2) is 35.8 Å². The van der Waals surface area contributed by atoms with Crippen LogP contribution in [-0.2, 0) is 16.0 Å². The van der Waals surface area contributed by atoms with Gasteiger partial charge < -0.3 is 9.80 Å². The Hall–Kier alpha value is -2.74. The minimum atomic E-state index is -0.282. The van der Waals surface area contributed by atoms with E-state index in [-0.39, 0.29) is 11.7 Å². The van der Waals surface area contributed by atoms with E-state index in [9.17, 15) is 14.0 Å². The number of halogens is 1. The molecule has 0 aliphatic carbocycles. The predicted octanol–water partition coefficient (Wildman–Crippen LogP) is 2.04. The number of thiazole rings is 1. The number of aromatic nitrogens is 2. The molecule has 2 amide bonds. The van der Waals surface area contributed by atoms with Gasteiger partial charge in [-0.3, -0.25) is 14.0 Å². The van der Waals surface area contributed by atoms with Crippen LogP contribution in [0.3, 0.4) is 0 Å². The van der Waals surface area contributed by atoms with Gasteiger partial charge in [0.1, 0.15) is 5.82 Å². The fourth-order valence-electron chi connectivity index (χ4n) is 3.06. The molecule has 2 aromatic heterocycles. The van der Waals surface area contributed by atoms with Crippen LogP contribution >= 0.6 is 11.3 Å². The standard InChI is InChI=1S/C18H17FN4O2S/c19-14-3-1-13(2-4-14)16-10-23-15(11-26-18(23)20-16)9-17(25)22-7-5-21(12-24)6-8-22/h1-4,10-12H,5-9H2. The number of imidazole rings is 1. The molecule has 0 atom stereocenters. The Morgan fingerprint density at radius 2 is 1.92 bits per heavy atom. The molecular weight excluding hydrogens is 355 g/mol. The van der Waals surface area contributed by atoms with Gasteiger partial charge in [-0.25, -0.2) is 9.37 Å². The van der Waals surface area contributed by atoms with Gasteiger partial charge in [-0.2, -0.15) is 0 Å². The first-order valence-corrected chi connectivity index (χ1v) is 9.20. The summed E-state index contributed by atoms with van der Waals surface area (Å²) in [6, 6.07) is 6.20. The number of rotatable bonds is 4. The van der Waals surface area contributed by atoms with Crippen molar-refractivity contribution in [3.63, 3.8) is 0 Å². The van der Waals surface area contributed by atoms with Crippen molar-refractivity contribution in [1.29, 1.82) is 0 Å². The summed E-state index contributed by atoms with van der Waals surface area (Å²) >= 11 is 1.48. The molecule has 4 rings (SSSR count). The Kier molecular flexibility index (Phi) is 4.42. The van der Waals surface area contributed by atoms with Crippen molar-refractivity contribution in [2.24, 2.45) is 0 Å². The fourth-order valence-corrected chi connectivity index (χ4v) is 3.93. The van der Waals surface area contributed by atoms with Gasteiger partial charge in [0.15, 0.2) is 4.96 Å².